The summed E-state index contributed by atoms with van der Waals surface area (Å²) < 4.78 is 25.9. The highest BCUT2D eigenvalue weighted by atomic mass is 19.2. The monoisotopic (exact) mass is 241 g/mol. The third kappa shape index (κ3) is 2.48. The maximum Gasteiger partial charge on any atom is 0.159 e. The van der Waals surface area contributed by atoms with Gasteiger partial charge in [0.15, 0.2) is 11.6 Å². The predicted octanol–water partition coefficient (Wildman–Crippen LogP) is 2.12. The summed E-state index contributed by atoms with van der Waals surface area (Å²) in [4.78, 5) is 2.10. The second-order valence-electron chi connectivity index (χ2n) is 5.22. The lowest BCUT2D eigenvalue weighted by Crippen LogP contribution is -2.60. The van der Waals surface area contributed by atoms with Gasteiger partial charge in [0.25, 0.3) is 0 Å². The zero-order valence-electron chi connectivity index (χ0n) is 10.1. The van der Waals surface area contributed by atoms with E-state index in [0.717, 1.165) is 18.7 Å². The zero-order valence-corrected chi connectivity index (χ0v) is 10.1. The molecule has 17 heavy (non-hydrogen) atoms. The molecule has 0 saturated carbocycles. The molecule has 0 bridgehead atoms. The van der Waals surface area contributed by atoms with E-state index in [4.69, 9.17) is 0 Å². The fourth-order valence-electron chi connectivity index (χ4n) is 2.31. The summed E-state index contributed by atoms with van der Waals surface area (Å²) in [5.74, 6) is -1.25. The average molecular weight is 241 g/mol. The molecule has 2 rings (SSSR count). The van der Waals surface area contributed by atoms with E-state index < -0.39 is 17.2 Å². The largest absolute Gasteiger partial charge is 0.382 e. The first kappa shape index (κ1) is 12.5. The summed E-state index contributed by atoms with van der Waals surface area (Å²) >= 11 is 0. The summed E-state index contributed by atoms with van der Waals surface area (Å²) in [7, 11) is 0. The molecule has 0 aliphatic carbocycles. The van der Waals surface area contributed by atoms with E-state index in [9.17, 15) is 13.9 Å². The van der Waals surface area contributed by atoms with Gasteiger partial charge in [0.1, 0.15) is 5.60 Å². The number of halogens is 2. The molecular formula is C13H17F2NO. The van der Waals surface area contributed by atoms with Crippen LogP contribution in [0.25, 0.3) is 0 Å². The third-order valence-corrected chi connectivity index (χ3v) is 3.05. The van der Waals surface area contributed by atoms with Crippen LogP contribution >= 0.6 is 0 Å². The van der Waals surface area contributed by atoms with E-state index in [0.29, 0.717) is 24.6 Å². The number of hydrogen-bond donors (Lipinski definition) is 1. The van der Waals surface area contributed by atoms with Crippen molar-refractivity contribution in [2.75, 3.05) is 19.6 Å². The Morgan fingerprint density at radius 1 is 1.29 bits per heavy atom. The maximum atomic E-state index is 13.1. The summed E-state index contributed by atoms with van der Waals surface area (Å²) in [5.41, 5.74) is -0.569. The van der Waals surface area contributed by atoms with Crippen LogP contribution in [0.3, 0.4) is 0 Å². The molecule has 0 amide bonds. The standard InChI is InChI=1S/C13H17F2NO/c1-9(2)6-16-7-13(17,8-16)10-3-4-11(14)12(15)5-10/h3-5,9,17H,6-8H2,1-2H3. The van der Waals surface area contributed by atoms with Gasteiger partial charge < -0.3 is 5.11 Å². The van der Waals surface area contributed by atoms with E-state index in [1.165, 1.54) is 6.07 Å². The third-order valence-electron chi connectivity index (χ3n) is 3.05. The lowest BCUT2D eigenvalue weighted by molar-refractivity contribution is -0.107. The molecule has 4 heteroatoms. The number of benzene rings is 1. The molecule has 1 aromatic carbocycles. The van der Waals surface area contributed by atoms with Gasteiger partial charge in [-0.3, -0.25) is 4.90 Å². The minimum atomic E-state index is -1.02. The van der Waals surface area contributed by atoms with Gasteiger partial charge in [0.2, 0.25) is 0 Å². The van der Waals surface area contributed by atoms with Gasteiger partial charge in [-0.25, -0.2) is 8.78 Å². The van der Waals surface area contributed by atoms with Crippen LogP contribution in [0.2, 0.25) is 0 Å². The second-order valence-corrected chi connectivity index (χ2v) is 5.22. The van der Waals surface area contributed by atoms with Crippen molar-refractivity contribution in [3.05, 3.63) is 35.4 Å². The molecule has 94 valence electrons. The van der Waals surface area contributed by atoms with Gasteiger partial charge in [-0.1, -0.05) is 19.9 Å². The number of hydrogen-bond acceptors (Lipinski definition) is 2. The van der Waals surface area contributed by atoms with E-state index in [1.807, 2.05) is 0 Å². The highest BCUT2D eigenvalue weighted by molar-refractivity contribution is 5.27. The molecular weight excluding hydrogens is 224 g/mol. The Morgan fingerprint density at radius 2 is 1.94 bits per heavy atom. The maximum absolute atomic E-state index is 13.1. The summed E-state index contributed by atoms with van der Waals surface area (Å²) in [6.45, 7) is 6.09. The first-order valence-corrected chi connectivity index (χ1v) is 5.81. The SMILES string of the molecule is CC(C)CN1CC(O)(c2ccc(F)c(F)c2)C1. The van der Waals surface area contributed by atoms with E-state index in [-0.39, 0.29) is 0 Å². The van der Waals surface area contributed by atoms with Gasteiger partial charge in [-0.05, 0) is 23.6 Å². The topological polar surface area (TPSA) is 23.5 Å². The summed E-state index contributed by atoms with van der Waals surface area (Å²) in [5, 5.41) is 10.2. The van der Waals surface area contributed by atoms with E-state index in [2.05, 4.69) is 18.7 Å². The minimum Gasteiger partial charge on any atom is -0.382 e. The molecule has 0 radical (unpaired) electrons. The van der Waals surface area contributed by atoms with Gasteiger partial charge in [-0.15, -0.1) is 0 Å². The number of aliphatic hydroxyl groups is 1. The molecule has 2 nitrogen and oxygen atoms in total. The highest BCUT2D eigenvalue weighted by Crippen LogP contribution is 2.32. The Morgan fingerprint density at radius 3 is 2.47 bits per heavy atom. The lowest BCUT2D eigenvalue weighted by Gasteiger charge is -2.47. The molecule has 1 aliphatic rings. The number of likely N-dealkylation sites (tertiary alicyclic amines) is 1. The van der Waals surface area contributed by atoms with Crippen molar-refractivity contribution in [3.8, 4) is 0 Å². The molecule has 1 N–H and O–H groups in total. The summed E-state index contributed by atoms with van der Waals surface area (Å²) in [6.07, 6.45) is 0. The average Bonchev–Trinajstić information content (AvgIpc) is 2.19. The fraction of sp³-hybridized carbons (Fsp3) is 0.538. The quantitative estimate of drug-likeness (QED) is 0.876. The van der Waals surface area contributed by atoms with E-state index in [1.54, 1.807) is 0 Å². The predicted molar refractivity (Wildman–Crippen MR) is 61.5 cm³/mol. The van der Waals surface area contributed by atoms with Gasteiger partial charge >= 0.3 is 0 Å². The Bertz CT molecular complexity index is 414. The highest BCUT2D eigenvalue weighted by Gasteiger charge is 2.42. The lowest BCUT2D eigenvalue weighted by atomic mass is 9.85. The fourth-order valence-corrected chi connectivity index (χ4v) is 2.31. The first-order valence-electron chi connectivity index (χ1n) is 5.81. The molecule has 0 unspecified atom stereocenters. The van der Waals surface area contributed by atoms with Crippen molar-refractivity contribution in [1.29, 1.82) is 0 Å². The van der Waals surface area contributed by atoms with Crippen LogP contribution in [0.4, 0.5) is 8.78 Å². The van der Waals surface area contributed by atoms with Crippen LogP contribution in [0, 0.1) is 17.6 Å². The van der Waals surface area contributed by atoms with Crippen molar-refractivity contribution in [3.63, 3.8) is 0 Å². The zero-order chi connectivity index (χ0) is 12.6. The van der Waals surface area contributed by atoms with Crippen LogP contribution < -0.4 is 0 Å². The number of β-amino-alcohol motifs (C(OH)–C–C–N with tert-alkyl or cyclic N) is 1. The molecule has 1 fully saturated rings. The van der Waals surface area contributed by atoms with Crippen molar-refractivity contribution in [2.24, 2.45) is 5.92 Å². The van der Waals surface area contributed by atoms with Crippen LogP contribution in [0.15, 0.2) is 18.2 Å². The van der Waals surface area contributed by atoms with Crippen molar-refractivity contribution in [1.82, 2.24) is 4.90 Å². The van der Waals surface area contributed by atoms with Crippen LogP contribution in [-0.4, -0.2) is 29.6 Å². The molecule has 0 atom stereocenters. The molecule has 1 heterocycles. The van der Waals surface area contributed by atoms with E-state index >= 15 is 0 Å². The Balaban J connectivity index is 2.06. The van der Waals surface area contributed by atoms with Gasteiger partial charge in [0, 0.05) is 19.6 Å². The molecule has 1 aromatic rings. The van der Waals surface area contributed by atoms with Gasteiger partial charge in [-0.2, -0.15) is 0 Å². The molecule has 0 aromatic heterocycles. The number of rotatable bonds is 3. The molecule has 1 saturated heterocycles. The molecule has 0 spiro atoms. The Labute approximate surface area is 99.9 Å². The van der Waals surface area contributed by atoms with Crippen molar-refractivity contribution >= 4 is 0 Å². The van der Waals surface area contributed by atoms with Gasteiger partial charge in [0.05, 0.1) is 0 Å². The van der Waals surface area contributed by atoms with Crippen molar-refractivity contribution < 1.29 is 13.9 Å². The van der Waals surface area contributed by atoms with Crippen LogP contribution in [0.1, 0.15) is 19.4 Å². The Hall–Kier alpha value is -1.00. The van der Waals surface area contributed by atoms with Crippen LogP contribution in [0.5, 0.6) is 0 Å². The molecule has 1 aliphatic heterocycles. The second kappa shape index (κ2) is 4.35. The Kier molecular flexibility index (Phi) is 3.19. The number of nitrogens with zero attached hydrogens (tertiary/aromatic N) is 1. The van der Waals surface area contributed by atoms with Crippen molar-refractivity contribution in [2.45, 2.75) is 19.4 Å². The normalized spacial score (nSPS) is 19.4. The van der Waals surface area contributed by atoms with Crippen LogP contribution in [-0.2, 0) is 5.60 Å². The first-order chi connectivity index (χ1) is 7.90. The minimum absolute atomic E-state index is 0.455. The smallest absolute Gasteiger partial charge is 0.159 e. The summed E-state index contributed by atoms with van der Waals surface area (Å²) in [6, 6.07) is 3.60.